The fraction of sp³-hybridized carbons (Fsp3) is 0.400. The van der Waals surface area contributed by atoms with Gasteiger partial charge in [-0.2, -0.15) is 0 Å². The Morgan fingerprint density at radius 2 is 2.07 bits per heavy atom. The minimum absolute atomic E-state index is 0.0966. The van der Waals surface area contributed by atoms with Gasteiger partial charge in [0.05, 0.1) is 7.11 Å². The first-order valence-corrected chi connectivity index (χ1v) is 10.5. The van der Waals surface area contributed by atoms with Crippen LogP contribution in [0.2, 0.25) is 0 Å². The van der Waals surface area contributed by atoms with Crippen LogP contribution in [-0.4, -0.2) is 37.6 Å². The van der Waals surface area contributed by atoms with Crippen molar-refractivity contribution in [2.45, 2.75) is 32.6 Å². The smallest absolute Gasteiger partial charge is 0.224 e. The van der Waals surface area contributed by atoms with E-state index in [9.17, 15) is 4.79 Å². The summed E-state index contributed by atoms with van der Waals surface area (Å²) in [5, 5.41) is 3.05. The van der Waals surface area contributed by atoms with Crippen molar-refractivity contribution in [1.82, 2.24) is 4.90 Å². The summed E-state index contributed by atoms with van der Waals surface area (Å²) in [5.41, 5.74) is 3.13. The standard InChI is InChI=1S/C25H32N2O2/c1-20-18-23(29-2)13-14-24(20)26-25(28)15-12-22-11-7-17-27(19-22)16-6-10-21-8-4-3-5-9-21/h3-6,8-10,13-14,18,22H,7,11-12,15-17,19H2,1-2H3,(H,26,28). The van der Waals surface area contributed by atoms with Crippen LogP contribution in [0, 0.1) is 12.8 Å². The lowest BCUT2D eigenvalue weighted by Gasteiger charge is -2.32. The maximum absolute atomic E-state index is 12.4. The third-order valence-corrected chi connectivity index (χ3v) is 5.56. The van der Waals surface area contributed by atoms with Crippen LogP contribution in [0.1, 0.15) is 36.8 Å². The highest BCUT2D eigenvalue weighted by Crippen LogP contribution is 2.23. The summed E-state index contributed by atoms with van der Waals surface area (Å²) in [6.07, 6.45) is 8.38. The topological polar surface area (TPSA) is 41.6 Å². The first-order valence-electron chi connectivity index (χ1n) is 10.5. The van der Waals surface area contributed by atoms with E-state index in [-0.39, 0.29) is 5.91 Å². The highest BCUT2D eigenvalue weighted by molar-refractivity contribution is 5.91. The van der Waals surface area contributed by atoms with Gasteiger partial charge in [-0.15, -0.1) is 0 Å². The zero-order valence-electron chi connectivity index (χ0n) is 17.6. The fourth-order valence-electron chi connectivity index (χ4n) is 3.91. The number of ether oxygens (including phenoxy) is 1. The van der Waals surface area contributed by atoms with Crippen molar-refractivity contribution in [2.75, 3.05) is 32.1 Å². The summed E-state index contributed by atoms with van der Waals surface area (Å²) >= 11 is 0. The molecule has 29 heavy (non-hydrogen) atoms. The number of nitrogens with one attached hydrogen (secondary N) is 1. The number of nitrogens with zero attached hydrogens (tertiary/aromatic N) is 1. The number of carbonyl (C=O) groups is 1. The predicted octanol–water partition coefficient (Wildman–Crippen LogP) is 5.15. The number of carbonyl (C=O) groups excluding carboxylic acids is 1. The molecule has 0 radical (unpaired) electrons. The number of benzene rings is 2. The van der Waals surface area contributed by atoms with E-state index in [1.54, 1.807) is 7.11 Å². The van der Waals surface area contributed by atoms with E-state index in [2.05, 4.69) is 46.6 Å². The van der Waals surface area contributed by atoms with Gasteiger partial charge in [-0.1, -0.05) is 42.5 Å². The first kappa shape index (κ1) is 21.1. The molecule has 4 heteroatoms. The van der Waals surface area contributed by atoms with E-state index < -0.39 is 0 Å². The molecule has 0 spiro atoms. The maximum atomic E-state index is 12.4. The minimum Gasteiger partial charge on any atom is -0.497 e. The number of methoxy groups -OCH3 is 1. The lowest BCUT2D eigenvalue weighted by Crippen LogP contribution is -2.35. The van der Waals surface area contributed by atoms with Gasteiger partial charge in [0.2, 0.25) is 5.91 Å². The van der Waals surface area contributed by atoms with Crippen molar-refractivity contribution in [3.63, 3.8) is 0 Å². The van der Waals surface area contributed by atoms with Crippen LogP contribution in [0.25, 0.3) is 6.08 Å². The molecule has 4 nitrogen and oxygen atoms in total. The molecule has 0 aliphatic carbocycles. The van der Waals surface area contributed by atoms with Crippen molar-refractivity contribution in [1.29, 1.82) is 0 Å². The summed E-state index contributed by atoms with van der Waals surface area (Å²) in [5.74, 6) is 1.50. The molecule has 154 valence electrons. The number of hydrogen-bond donors (Lipinski definition) is 1. The normalized spacial score (nSPS) is 17.4. The van der Waals surface area contributed by atoms with Crippen LogP contribution in [0.15, 0.2) is 54.6 Å². The molecule has 1 saturated heterocycles. The van der Waals surface area contributed by atoms with Gasteiger partial charge in [-0.25, -0.2) is 0 Å². The van der Waals surface area contributed by atoms with Crippen LogP contribution in [0.5, 0.6) is 5.75 Å². The van der Waals surface area contributed by atoms with E-state index >= 15 is 0 Å². The van der Waals surface area contributed by atoms with Crippen molar-refractivity contribution >= 4 is 17.7 Å². The van der Waals surface area contributed by atoms with E-state index in [0.29, 0.717) is 12.3 Å². The summed E-state index contributed by atoms with van der Waals surface area (Å²) in [4.78, 5) is 14.9. The summed E-state index contributed by atoms with van der Waals surface area (Å²) in [6.45, 7) is 5.18. The van der Waals surface area contributed by atoms with Crippen LogP contribution >= 0.6 is 0 Å². The number of hydrogen-bond acceptors (Lipinski definition) is 3. The van der Waals surface area contributed by atoms with Crippen LogP contribution in [-0.2, 0) is 4.79 Å². The molecule has 1 fully saturated rings. The van der Waals surface area contributed by atoms with E-state index in [1.165, 1.54) is 18.4 Å². The number of rotatable bonds is 8. The third-order valence-electron chi connectivity index (χ3n) is 5.56. The molecule has 0 saturated carbocycles. The Morgan fingerprint density at radius 1 is 1.24 bits per heavy atom. The molecular formula is C25H32N2O2. The maximum Gasteiger partial charge on any atom is 0.224 e. The predicted molar refractivity (Wildman–Crippen MR) is 120 cm³/mol. The molecule has 1 unspecified atom stereocenters. The molecule has 3 rings (SSSR count). The molecule has 1 aliphatic rings. The summed E-state index contributed by atoms with van der Waals surface area (Å²) < 4.78 is 5.22. The molecule has 2 aromatic carbocycles. The number of aryl methyl sites for hydroxylation is 1. The quantitative estimate of drug-likeness (QED) is 0.676. The first-order chi connectivity index (χ1) is 14.1. The van der Waals surface area contributed by atoms with Gasteiger partial charge in [0.15, 0.2) is 0 Å². The molecular weight excluding hydrogens is 360 g/mol. The zero-order chi connectivity index (χ0) is 20.5. The monoisotopic (exact) mass is 392 g/mol. The second kappa shape index (κ2) is 10.8. The Morgan fingerprint density at radius 3 is 2.83 bits per heavy atom. The number of amides is 1. The average molecular weight is 393 g/mol. The van der Waals surface area contributed by atoms with Gasteiger partial charge >= 0.3 is 0 Å². The number of anilines is 1. The van der Waals surface area contributed by atoms with Crippen LogP contribution in [0.3, 0.4) is 0 Å². The molecule has 1 heterocycles. The van der Waals surface area contributed by atoms with Gasteiger partial charge in [0.25, 0.3) is 0 Å². The summed E-state index contributed by atoms with van der Waals surface area (Å²) in [7, 11) is 1.65. The molecule has 1 amide bonds. The second-order valence-corrected chi connectivity index (χ2v) is 7.85. The molecule has 2 aromatic rings. The second-order valence-electron chi connectivity index (χ2n) is 7.85. The molecule has 1 aliphatic heterocycles. The Kier molecular flexibility index (Phi) is 7.88. The van der Waals surface area contributed by atoms with Gasteiger partial charge in [-0.05, 0) is 68.0 Å². The average Bonchev–Trinajstić information content (AvgIpc) is 2.75. The van der Waals surface area contributed by atoms with Gasteiger partial charge < -0.3 is 10.1 Å². The Labute approximate surface area is 174 Å². The van der Waals surface area contributed by atoms with E-state index in [4.69, 9.17) is 4.74 Å². The van der Waals surface area contributed by atoms with Gasteiger partial charge in [-0.3, -0.25) is 9.69 Å². The third kappa shape index (κ3) is 6.75. The highest BCUT2D eigenvalue weighted by Gasteiger charge is 2.20. The summed E-state index contributed by atoms with van der Waals surface area (Å²) in [6, 6.07) is 16.1. The van der Waals surface area contributed by atoms with E-state index in [1.807, 2.05) is 31.2 Å². The number of piperidine rings is 1. The minimum atomic E-state index is 0.0966. The molecule has 1 atom stereocenters. The van der Waals surface area contributed by atoms with Crippen LogP contribution < -0.4 is 10.1 Å². The molecule has 1 N–H and O–H groups in total. The Balaban J connectivity index is 1.42. The largest absolute Gasteiger partial charge is 0.497 e. The van der Waals surface area contributed by atoms with Crippen molar-refractivity contribution < 1.29 is 9.53 Å². The lowest BCUT2D eigenvalue weighted by atomic mass is 9.93. The Hall–Kier alpha value is -2.59. The molecule has 0 aromatic heterocycles. The van der Waals surface area contributed by atoms with Crippen LogP contribution in [0.4, 0.5) is 5.69 Å². The van der Waals surface area contributed by atoms with Crippen molar-refractivity contribution in [3.8, 4) is 5.75 Å². The van der Waals surface area contributed by atoms with Crippen molar-refractivity contribution in [3.05, 3.63) is 65.7 Å². The zero-order valence-corrected chi connectivity index (χ0v) is 17.6. The lowest BCUT2D eigenvalue weighted by molar-refractivity contribution is -0.116. The number of likely N-dealkylation sites (tertiary alicyclic amines) is 1. The highest BCUT2D eigenvalue weighted by atomic mass is 16.5. The Bertz CT molecular complexity index is 817. The van der Waals surface area contributed by atoms with Gasteiger partial charge in [0.1, 0.15) is 5.75 Å². The van der Waals surface area contributed by atoms with E-state index in [0.717, 1.165) is 43.1 Å². The molecule has 0 bridgehead atoms. The fourth-order valence-corrected chi connectivity index (χ4v) is 3.91. The van der Waals surface area contributed by atoms with Crippen molar-refractivity contribution in [2.24, 2.45) is 5.92 Å². The van der Waals surface area contributed by atoms with Gasteiger partial charge in [0, 0.05) is 25.2 Å². The SMILES string of the molecule is COc1ccc(NC(=O)CCC2CCCN(CC=Cc3ccccc3)C2)c(C)c1.